The molecule has 10 heteroatoms. The van der Waals surface area contributed by atoms with E-state index in [0.29, 0.717) is 5.95 Å². The summed E-state index contributed by atoms with van der Waals surface area (Å²) in [6.45, 7) is 7.30. The third-order valence-electron chi connectivity index (χ3n) is 5.25. The van der Waals surface area contributed by atoms with E-state index in [1.54, 1.807) is 9.25 Å². The van der Waals surface area contributed by atoms with Gasteiger partial charge >= 0.3 is 5.69 Å². The van der Waals surface area contributed by atoms with E-state index >= 15 is 0 Å². The molecule has 0 bridgehead atoms. The van der Waals surface area contributed by atoms with E-state index in [4.69, 9.17) is 11.6 Å². The fraction of sp³-hybridized carbons (Fsp3) is 0.333. The average molecular weight is 445 g/mol. The lowest BCUT2D eigenvalue weighted by Crippen LogP contribution is -2.40. The molecule has 0 spiro atoms. The van der Waals surface area contributed by atoms with Gasteiger partial charge in [0, 0.05) is 29.4 Å². The topological polar surface area (TPSA) is 79.6 Å². The maximum Gasteiger partial charge on any atom is 0.332 e. The maximum atomic E-state index is 14.4. The molecule has 0 atom stereocenters. The van der Waals surface area contributed by atoms with Crippen molar-refractivity contribution in [3.05, 3.63) is 72.9 Å². The van der Waals surface area contributed by atoms with Crippen LogP contribution in [0.2, 0.25) is 5.02 Å². The largest absolute Gasteiger partial charge is 0.332 e. The lowest BCUT2D eigenvalue weighted by Gasteiger charge is -2.14. The third-order valence-corrected chi connectivity index (χ3v) is 5.60. The Morgan fingerprint density at radius 1 is 1.19 bits per heavy atom. The first kappa shape index (κ1) is 21.0. The Hall–Kier alpha value is -3.20. The van der Waals surface area contributed by atoms with E-state index < -0.39 is 17.1 Å². The zero-order chi connectivity index (χ0) is 22.6. The van der Waals surface area contributed by atoms with Crippen LogP contribution in [0.3, 0.4) is 0 Å². The van der Waals surface area contributed by atoms with Crippen LogP contribution in [0.15, 0.2) is 33.9 Å². The minimum atomic E-state index is -0.606. The minimum Gasteiger partial charge on any atom is -0.300 e. The zero-order valence-electron chi connectivity index (χ0n) is 17.8. The summed E-state index contributed by atoms with van der Waals surface area (Å²) in [5, 5.41) is 4.63. The fourth-order valence-electron chi connectivity index (χ4n) is 3.78. The van der Waals surface area contributed by atoms with Crippen molar-refractivity contribution in [2.45, 2.75) is 40.3 Å². The molecule has 162 valence electrons. The molecule has 0 aliphatic heterocycles. The normalized spacial score (nSPS) is 11.7. The van der Waals surface area contributed by atoms with Gasteiger partial charge in [-0.25, -0.2) is 13.9 Å². The summed E-state index contributed by atoms with van der Waals surface area (Å²) in [7, 11) is 1.53. The Morgan fingerprint density at radius 2 is 1.90 bits per heavy atom. The number of rotatable bonds is 4. The van der Waals surface area contributed by atoms with Gasteiger partial charge in [0.05, 0.1) is 12.2 Å². The van der Waals surface area contributed by atoms with Crippen molar-refractivity contribution in [3.8, 4) is 5.95 Å². The van der Waals surface area contributed by atoms with Gasteiger partial charge in [0.1, 0.15) is 5.82 Å². The molecule has 0 aliphatic rings. The molecule has 4 rings (SSSR count). The SMILES string of the molecule is Cc1cc(C)n(-c2nc3c(c(=O)n(Cc4c(F)cccc4Cl)c(=O)n3C)n2C(C)C)n1. The lowest BCUT2D eigenvalue weighted by atomic mass is 10.2. The molecular weight excluding hydrogens is 423 g/mol. The highest BCUT2D eigenvalue weighted by molar-refractivity contribution is 6.31. The van der Waals surface area contributed by atoms with E-state index in [-0.39, 0.29) is 34.3 Å². The van der Waals surface area contributed by atoms with Crippen molar-refractivity contribution in [2.24, 2.45) is 7.05 Å². The van der Waals surface area contributed by atoms with Crippen LogP contribution in [-0.4, -0.2) is 28.5 Å². The second-order valence-corrected chi connectivity index (χ2v) is 8.23. The molecule has 1 aromatic carbocycles. The minimum absolute atomic E-state index is 0.0806. The van der Waals surface area contributed by atoms with Gasteiger partial charge in [-0.3, -0.25) is 18.5 Å². The number of halogens is 2. The molecule has 0 radical (unpaired) electrons. The second kappa shape index (κ2) is 7.49. The Morgan fingerprint density at radius 3 is 2.48 bits per heavy atom. The number of hydrogen-bond donors (Lipinski definition) is 0. The lowest BCUT2D eigenvalue weighted by molar-refractivity contribution is 0.569. The molecule has 4 aromatic rings. The Kier molecular flexibility index (Phi) is 5.09. The van der Waals surface area contributed by atoms with Crippen LogP contribution in [0.25, 0.3) is 17.1 Å². The quantitative estimate of drug-likeness (QED) is 0.484. The fourth-order valence-corrected chi connectivity index (χ4v) is 4.00. The van der Waals surface area contributed by atoms with Gasteiger partial charge in [0.2, 0.25) is 5.95 Å². The summed E-state index contributed by atoms with van der Waals surface area (Å²) in [5.41, 5.74) is 1.04. The van der Waals surface area contributed by atoms with Gasteiger partial charge in [0.15, 0.2) is 11.2 Å². The van der Waals surface area contributed by atoms with Crippen LogP contribution in [-0.2, 0) is 13.6 Å². The molecule has 3 aromatic heterocycles. The van der Waals surface area contributed by atoms with Crippen molar-refractivity contribution in [1.82, 2.24) is 28.5 Å². The Labute approximate surface area is 182 Å². The third kappa shape index (κ3) is 3.29. The molecule has 31 heavy (non-hydrogen) atoms. The van der Waals surface area contributed by atoms with Crippen LogP contribution in [0.4, 0.5) is 4.39 Å². The average Bonchev–Trinajstić information content (AvgIpc) is 3.25. The van der Waals surface area contributed by atoms with Crippen LogP contribution < -0.4 is 11.2 Å². The number of imidazole rings is 1. The van der Waals surface area contributed by atoms with Crippen LogP contribution >= 0.6 is 11.6 Å². The Bertz CT molecular complexity index is 1420. The zero-order valence-corrected chi connectivity index (χ0v) is 18.6. The predicted octanol–water partition coefficient (Wildman–Crippen LogP) is 3.12. The summed E-state index contributed by atoms with van der Waals surface area (Å²) in [6.07, 6.45) is 0. The molecule has 0 aliphatic carbocycles. The summed E-state index contributed by atoms with van der Waals surface area (Å²) < 4.78 is 20.0. The van der Waals surface area contributed by atoms with E-state index in [0.717, 1.165) is 16.0 Å². The number of nitrogens with zero attached hydrogens (tertiary/aromatic N) is 6. The standard InChI is InChI=1S/C21H22ClFN6O2/c1-11(2)28-17-18(24-20(28)29-13(4)9-12(3)25-29)26(5)21(31)27(19(17)30)10-14-15(22)7-6-8-16(14)23/h6-9,11H,10H2,1-5H3. The van der Waals surface area contributed by atoms with E-state index in [1.807, 2.05) is 33.8 Å². The van der Waals surface area contributed by atoms with Gasteiger partial charge < -0.3 is 0 Å². The number of benzene rings is 1. The van der Waals surface area contributed by atoms with Gasteiger partial charge in [-0.05, 0) is 45.9 Å². The summed E-state index contributed by atoms with van der Waals surface area (Å²) in [6, 6.07) is 5.99. The molecular formula is C21H22ClFN6O2. The molecule has 8 nitrogen and oxygen atoms in total. The predicted molar refractivity (Wildman–Crippen MR) is 117 cm³/mol. The van der Waals surface area contributed by atoms with Crippen LogP contribution in [0.5, 0.6) is 0 Å². The number of fused-ring (bicyclic) bond motifs is 1. The maximum absolute atomic E-state index is 14.4. The van der Waals surface area contributed by atoms with E-state index in [9.17, 15) is 14.0 Å². The first-order chi connectivity index (χ1) is 14.6. The number of aryl methyl sites for hydroxylation is 3. The first-order valence-corrected chi connectivity index (χ1v) is 10.2. The molecule has 0 saturated heterocycles. The van der Waals surface area contributed by atoms with Gasteiger partial charge in [0.25, 0.3) is 5.56 Å². The molecule has 0 amide bonds. The molecule has 0 saturated carbocycles. The summed E-state index contributed by atoms with van der Waals surface area (Å²) >= 11 is 6.13. The molecule has 3 heterocycles. The van der Waals surface area contributed by atoms with Gasteiger partial charge in [-0.2, -0.15) is 10.1 Å². The monoisotopic (exact) mass is 444 g/mol. The van der Waals surface area contributed by atoms with E-state index in [1.165, 1.54) is 29.8 Å². The van der Waals surface area contributed by atoms with Crippen LogP contribution in [0.1, 0.15) is 36.8 Å². The second-order valence-electron chi connectivity index (χ2n) is 7.82. The van der Waals surface area contributed by atoms with E-state index in [2.05, 4.69) is 10.1 Å². The Balaban J connectivity index is 2.06. The van der Waals surface area contributed by atoms with Gasteiger partial charge in [-0.1, -0.05) is 17.7 Å². The van der Waals surface area contributed by atoms with Crippen molar-refractivity contribution < 1.29 is 4.39 Å². The van der Waals surface area contributed by atoms with Crippen molar-refractivity contribution in [1.29, 1.82) is 0 Å². The smallest absolute Gasteiger partial charge is 0.300 e. The summed E-state index contributed by atoms with van der Waals surface area (Å²) in [5.74, 6) is -0.147. The van der Waals surface area contributed by atoms with Crippen molar-refractivity contribution >= 4 is 22.8 Å². The highest BCUT2D eigenvalue weighted by Crippen LogP contribution is 2.23. The molecule has 0 fully saturated rings. The van der Waals surface area contributed by atoms with Crippen LogP contribution in [0, 0.1) is 19.7 Å². The first-order valence-electron chi connectivity index (χ1n) is 9.80. The van der Waals surface area contributed by atoms with Crippen molar-refractivity contribution in [3.63, 3.8) is 0 Å². The molecule has 0 N–H and O–H groups in total. The number of hydrogen-bond acceptors (Lipinski definition) is 4. The number of aromatic nitrogens is 6. The highest BCUT2D eigenvalue weighted by atomic mass is 35.5. The summed E-state index contributed by atoms with van der Waals surface area (Å²) in [4.78, 5) is 31.1. The molecule has 0 unspecified atom stereocenters. The highest BCUT2D eigenvalue weighted by Gasteiger charge is 2.24. The van der Waals surface area contributed by atoms with Crippen molar-refractivity contribution in [2.75, 3.05) is 0 Å². The van der Waals surface area contributed by atoms with Gasteiger partial charge in [-0.15, -0.1) is 0 Å².